The standard InChI is InChI=1S/C17H24N2O4.ClH/c1-22-17(21)11-23-14-6-2-4-12(8-14)10-19-16(20)9-13-5-3-7-15(13)18;/h2,4,6,8,13,15H,3,5,7,9-11,18H2,1H3,(H,19,20);1H/t13-,15+;/m0./s1. The van der Waals surface area contributed by atoms with Gasteiger partial charge in [-0.1, -0.05) is 18.6 Å². The smallest absolute Gasteiger partial charge is 0.343 e. The Kier molecular flexibility index (Phi) is 8.57. The van der Waals surface area contributed by atoms with E-state index in [0.29, 0.717) is 24.6 Å². The lowest BCUT2D eigenvalue weighted by molar-refractivity contribution is -0.142. The third-order valence-corrected chi connectivity index (χ3v) is 4.14. The number of amides is 1. The van der Waals surface area contributed by atoms with E-state index in [1.54, 1.807) is 12.1 Å². The summed E-state index contributed by atoms with van der Waals surface area (Å²) in [5.41, 5.74) is 6.90. The van der Waals surface area contributed by atoms with Crippen molar-refractivity contribution in [2.45, 2.75) is 38.3 Å². The number of methoxy groups -OCH3 is 1. The Labute approximate surface area is 148 Å². The Morgan fingerprint density at radius 1 is 1.33 bits per heavy atom. The highest BCUT2D eigenvalue weighted by atomic mass is 35.5. The monoisotopic (exact) mass is 356 g/mol. The van der Waals surface area contributed by atoms with Gasteiger partial charge in [-0.2, -0.15) is 0 Å². The van der Waals surface area contributed by atoms with E-state index in [2.05, 4.69) is 10.1 Å². The average molecular weight is 357 g/mol. The average Bonchev–Trinajstić information content (AvgIpc) is 2.96. The molecule has 1 amide bonds. The van der Waals surface area contributed by atoms with Crippen LogP contribution in [0.15, 0.2) is 24.3 Å². The van der Waals surface area contributed by atoms with Crippen molar-refractivity contribution in [3.63, 3.8) is 0 Å². The number of hydrogen-bond donors (Lipinski definition) is 2. The van der Waals surface area contributed by atoms with Crippen molar-refractivity contribution in [2.75, 3.05) is 13.7 Å². The van der Waals surface area contributed by atoms with Crippen LogP contribution in [-0.2, 0) is 20.9 Å². The van der Waals surface area contributed by atoms with Gasteiger partial charge in [0.05, 0.1) is 7.11 Å². The second-order valence-corrected chi connectivity index (χ2v) is 5.85. The molecule has 0 heterocycles. The zero-order valence-electron chi connectivity index (χ0n) is 13.8. The first-order valence-corrected chi connectivity index (χ1v) is 7.89. The molecule has 1 saturated carbocycles. The van der Waals surface area contributed by atoms with E-state index in [0.717, 1.165) is 24.8 Å². The summed E-state index contributed by atoms with van der Waals surface area (Å²) in [5, 5.41) is 2.91. The van der Waals surface area contributed by atoms with E-state index in [1.165, 1.54) is 7.11 Å². The highest BCUT2D eigenvalue weighted by Gasteiger charge is 2.25. The van der Waals surface area contributed by atoms with E-state index in [4.69, 9.17) is 10.5 Å². The number of halogens is 1. The summed E-state index contributed by atoms with van der Waals surface area (Å²) in [6.07, 6.45) is 3.64. The van der Waals surface area contributed by atoms with Gasteiger partial charge in [-0.25, -0.2) is 4.79 Å². The Bertz CT molecular complexity index is 553. The molecule has 7 heteroatoms. The van der Waals surface area contributed by atoms with Gasteiger partial charge in [0.2, 0.25) is 5.91 Å². The van der Waals surface area contributed by atoms with Crippen molar-refractivity contribution in [3.05, 3.63) is 29.8 Å². The summed E-state index contributed by atoms with van der Waals surface area (Å²) >= 11 is 0. The second kappa shape index (κ2) is 10.2. The number of esters is 1. The third kappa shape index (κ3) is 6.37. The Balaban J connectivity index is 0.00000288. The minimum atomic E-state index is -0.434. The SMILES string of the molecule is COC(=O)COc1cccc(CNC(=O)C[C@@H]2CCC[C@H]2N)c1.Cl. The van der Waals surface area contributed by atoms with Crippen LogP contribution in [0, 0.1) is 5.92 Å². The molecule has 1 aromatic carbocycles. The predicted molar refractivity (Wildman–Crippen MR) is 93.0 cm³/mol. The van der Waals surface area contributed by atoms with E-state index >= 15 is 0 Å². The largest absolute Gasteiger partial charge is 0.482 e. The lowest BCUT2D eigenvalue weighted by Crippen LogP contribution is -2.31. The molecule has 24 heavy (non-hydrogen) atoms. The minimum absolute atomic E-state index is 0. The van der Waals surface area contributed by atoms with E-state index in [-0.39, 0.29) is 31.0 Å². The van der Waals surface area contributed by atoms with Crippen LogP contribution in [0.4, 0.5) is 0 Å². The fraction of sp³-hybridized carbons (Fsp3) is 0.529. The van der Waals surface area contributed by atoms with Gasteiger partial charge in [0.1, 0.15) is 5.75 Å². The molecule has 0 aliphatic heterocycles. The number of carbonyl (C=O) groups excluding carboxylic acids is 2. The van der Waals surface area contributed by atoms with Crippen molar-refractivity contribution < 1.29 is 19.1 Å². The number of hydrogen-bond acceptors (Lipinski definition) is 5. The highest BCUT2D eigenvalue weighted by molar-refractivity contribution is 5.85. The van der Waals surface area contributed by atoms with Gasteiger partial charge in [-0.3, -0.25) is 4.79 Å². The van der Waals surface area contributed by atoms with Gasteiger partial charge < -0.3 is 20.5 Å². The molecule has 1 aromatic rings. The summed E-state index contributed by atoms with van der Waals surface area (Å²) in [5.74, 6) is 0.453. The lowest BCUT2D eigenvalue weighted by Gasteiger charge is -2.15. The molecule has 6 nitrogen and oxygen atoms in total. The predicted octanol–water partition coefficient (Wildman–Crippen LogP) is 1.79. The fourth-order valence-electron chi connectivity index (χ4n) is 2.78. The third-order valence-electron chi connectivity index (χ3n) is 4.14. The van der Waals surface area contributed by atoms with Crippen molar-refractivity contribution in [3.8, 4) is 5.75 Å². The number of rotatable bonds is 7. The van der Waals surface area contributed by atoms with E-state index < -0.39 is 5.97 Å². The van der Waals surface area contributed by atoms with Gasteiger partial charge in [0.15, 0.2) is 6.61 Å². The molecular formula is C17H25ClN2O4. The van der Waals surface area contributed by atoms with Crippen molar-refractivity contribution in [1.29, 1.82) is 0 Å². The molecule has 2 atom stereocenters. The zero-order chi connectivity index (χ0) is 16.7. The first-order valence-electron chi connectivity index (χ1n) is 7.89. The molecule has 3 N–H and O–H groups in total. The number of nitrogens with one attached hydrogen (secondary N) is 1. The van der Waals surface area contributed by atoms with Crippen LogP contribution >= 0.6 is 12.4 Å². The highest BCUT2D eigenvalue weighted by Crippen LogP contribution is 2.26. The molecule has 1 aliphatic rings. The maximum atomic E-state index is 12.0. The molecule has 0 bridgehead atoms. The van der Waals surface area contributed by atoms with Crippen LogP contribution in [0.5, 0.6) is 5.75 Å². The molecule has 0 radical (unpaired) electrons. The Morgan fingerprint density at radius 2 is 2.12 bits per heavy atom. The molecule has 1 aliphatic carbocycles. The van der Waals surface area contributed by atoms with Crippen molar-refractivity contribution in [2.24, 2.45) is 11.7 Å². The zero-order valence-corrected chi connectivity index (χ0v) is 14.6. The minimum Gasteiger partial charge on any atom is -0.482 e. The molecular weight excluding hydrogens is 332 g/mol. The van der Waals surface area contributed by atoms with E-state index in [9.17, 15) is 9.59 Å². The molecule has 0 unspecified atom stereocenters. The normalized spacial score (nSPS) is 19.2. The van der Waals surface area contributed by atoms with Gasteiger partial charge in [0, 0.05) is 19.0 Å². The Hall–Kier alpha value is -1.79. The van der Waals surface area contributed by atoms with Crippen LogP contribution in [0.1, 0.15) is 31.2 Å². The molecule has 0 aromatic heterocycles. The van der Waals surface area contributed by atoms with Gasteiger partial charge in [-0.15, -0.1) is 12.4 Å². The van der Waals surface area contributed by atoms with Gasteiger partial charge in [-0.05, 0) is 36.5 Å². The van der Waals surface area contributed by atoms with Crippen molar-refractivity contribution >= 4 is 24.3 Å². The van der Waals surface area contributed by atoms with Gasteiger partial charge >= 0.3 is 5.97 Å². The molecule has 1 fully saturated rings. The molecule has 0 saturated heterocycles. The molecule has 134 valence electrons. The number of carbonyl (C=O) groups is 2. The summed E-state index contributed by atoms with van der Waals surface area (Å²) in [7, 11) is 1.31. The van der Waals surface area contributed by atoms with E-state index in [1.807, 2.05) is 12.1 Å². The first kappa shape index (κ1) is 20.3. The maximum Gasteiger partial charge on any atom is 0.343 e. The summed E-state index contributed by atoms with van der Waals surface area (Å²) in [4.78, 5) is 23.1. The maximum absolute atomic E-state index is 12.0. The van der Waals surface area contributed by atoms with Crippen LogP contribution in [-0.4, -0.2) is 31.6 Å². The molecule has 2 rings (SSSR count). The van der Waals surface area contributed by atoms with Crippen molar-refractivity contribution in [1.82, 2.24) is 5.32 Å². The van der Waals surface area contributed by atoms with Gasteiger partial charge in [0.25, 0.3) is 0 Å². The van der Waals surface area contributed by atoms with Crippen LogP contribution < -0.4 is 15.8 Å². The summed E-state index contributed by atoms with van der Waals surface area (Å²) in [6.45, 7) is 0.294. The molecule has 0 spiro atoms. The quantitative estimate of drug-likeness (QED) is 0.727. The number of nitrogens with two attached hydrogens (primary N) is 1. The fourth-order valence-corrected chi connectivity index (χ4v) is 2.78. The van der Waals surface area contributed by atoms with Crippen LogP contribution in [0.25, 0.3) is 0 Å². The summed E-state index contributed by atoms with van der Waals surface area (Å²) < 4.78 is 9.85. The van der Waals surface area contributed by atoms with Crippen LogP contribution in [0.3, 0.4) is 0 Å². The summed E-state index contributed by atoms with van der Waals surface area (Å²) in [6, 6.07) is 7.42. The lowest BCUT2D eigenvalue weighted by atomic mass is 10.00. The second-order valence-electron chi connectivity index (χ2n) is 5.85. The first-order chi connectivity index (χ1) is 11.1. The number of ether oxygens (including phenoxy) is 2. The number of benzene rings is 1. The Morgan fingerprint density at radius 3 is 2.79 bits per heavy atom. The topological polar surface area (TPSA) is 90.6 Å². The van der Waals surface area contributed by atoms with Crippen LogP contribution in [0.2, 0.25) is 0 Å².